The molecule has 0 atom stereocenters. The molecular formula is C64H65BBrF2IN10O12S2. The van der Waals surface area contributed by atoms with Crippen LogP contribution in [0.15, 0.2) is 135 Å². The quantitative estimate of drug-likeness (QED) is 0.0851. The van der Waals surface area contributed by atoms with Crippen molar-refractivity contribution in [3.8, 4) is 68.0 Å². The first kappa shape index (κ1) is 67.7. The first-order chi connectivity index (χ1) is 43.6. The van der Waals surface area contributed by atoms with Crippen molar-refractivity contribution in [2.24, 2.45) is 0 Å². The number of anilines is 2. The maximum absolute atomic E-state index is 13.7. The summed E-state index contributed by atoms with van der Waals surface area (Å²) in [5, 5.41) is 15.3. The highest BCUT2D eigenvalue weighted by Crippen LogP contribution is 2.44. The number of amides is 2. The van der Waals surface area contributed by atoms with E-state index in [-0.39, 0.29) is 52.2 Å². The van der Waals surface area contributed by atoms with Crippen LogP contribution in [-0.2, 0) is 42.4 Å². The van der Waals surface area contributed by atoms with Crippen LogP contribution in [-0.4, -0.2) is 130 Å². The summed E-state index contributed by atoms with van der Waals surface area (Å²) < 4.78 is 120. The number of aryl methyl sites for hydroxylation is 2. The Hall–Kier alpha value is -8.23. The predicted molar refractivity (Wildman–Crippen MR) is 365 cm³/mol. The minimum atomic E-state index is -3.68. The second kappa shape index (κ2) is 26.6. The Bertz CT molecular complexity index is 4680. The first-order valence-corrected chi connectivity index (χ1v) is 33.5. The minimum absolute atomic E-state index is 0. The van der Waals surface area contributed by atoms with Crippen molar-refractivity contribution < 1.29 is 62.8 Å². The lowest BCUT2D eigenvalue weighted by atomic mass is 9.77. The summed E-state index contributed by atoms with van der Waals surface area (Å²) >= 11 is 3.40. The normalized spacial score (nSPS) is 14.7. The fraction of sp³-hybridized carbons (Fsp3) is 0.281. The number of sulfonamides is 2. The second-order valence-corrected chi connectivity index (χ2v) is 28.0. The molecule has 6 aromatic heterocycles. The Morgan fingerprint density at radius 3 is 1.47 bits per heavy atom. The van der Waals surface area contributed by atoms with Gasteiger partial charge in [0.05, 0.1) is 70.8 Å². The molecular weight excluding hydrogens is 1420 g/mol. The number of fused-ring (bicyclic) bond motifs is 4. The van der Waals surface area contributed by atoms with Crippen molar-refractivity contribution >= 4 is 118 Å². The number of hydrogen-bond acceptors (Lipinski definition) is 16. The Balaban J connectivity index is 0.000000164. The fourth-order valence-corrected chi connectivity index (χ4v) is 12.0. The predicted octanol–water partition coefficient (Wildman–Crippen LogP) is 11.1. The second-order valence-electron chi connectivity index (χ2n) is 23.0. The first-order valence-electron chi connectivity index (χ1n) is 29.0. The summed E-state index contributed by atoms with van der Waals surface area (Å²) in [6.45, 7) is 10.7. The number of nitrogens with one attached hydrogen (secondary N) is 2. The van der Waals surface area contributed by atoms with Gasteiger partial charge in [-0.2, -0.15) is 10.2 Å². The van der Waals surface area contributed by atoms with Crippen LogP contribution in [0.3, 0.4) is 0 Å². The molecule has 2 N–H and O–H groups in total. The molecule has 4 aromatic carbocycles. The Morgan fingerprint density at radius 1 is 0.591 bits per heavy atom. The molecule has 3 aliphatic rings. The number of benzene rings is 4. The van der Waals surface area contributed by atoms with E-state index in [0.717, 1.165) is 75.3 Å². The van der Waals surface area contributed by atoms with Crippen LogP contribution in [0.2, 0.25) is 0 Å². The number of carbonyl (C=O) groups excluding carboxylic acids is 2. The molecule has 93 heavy (non-hydrogen) atoms. The van der Waals surface area contributed by atoms with E-state index in [1.54, 1.807) is 53.7 Å². The van der Waals surface area contributed by atoms with E-state index < -0.39 is 61.8 Å². The van der Waals surface area contributed by atoms with Gasteiger partial charge in [-0.05, 0) is 116 Å². The highest BCUT2D eigenvalue weighted by molar-refractivity contribution is 14.0. The number of pyridine rings is 2. The number of ether oxygens (including phenoxy) is 2. The molecule has 22 nitrogen and oxygen atoms in total. The van der Waals surface area contributed by atoms with E-state index in [0.29, 0.717) is 79.2 Å². The van der Waals surface area contributed by atoms with Crippen LogP contribution < -0.4 is 34.2 Å². The summed E-state index contributed by atoms with van der Waals surface area (Å²) in [5.41, 5.74) is 6.16. The molecule has 0 spiro atoms. The van der Waals surface area contributed by atoms with Crippen LogP contribution in [0, 0.1) is 11.6 Å². The molecule has 2 amide bonds. The smallest absolute Gasteiger partial charge is 0.478 e. The summed E-state index contributed by atoms with van der Waals surface area (Å²) in [5.74, 6) is 0.326. The number of aromatic nitrogens is 6. The topological polar surface area (TPSA) is 258 Å². The summed E-state index contributed by atoms with van der Waals surface area (Å²) in [7, 11) is -2.36. The largest absolute Gasteiger partial charge is 0.497 e. The molecule has 0 aliphatic carbocycles. The monoisotopic (exact) mass is 1480 g/mol. The van der Waals surface area contributed by atoms with E-state index >= 15 is 0 Å². The molecule has 0 saturated carbocycles. The molecule has 1 fully saturated rings. The van der Waals surface area contributed by atoms with Crippen LogP contribution in [0.4, 0.5) is 20.2 Å². The van der Waals surface area contributed by atoms with Crippen LogP contribution >= 0.6 is 39.9 Å². The van der Waals surface area contributed by atoms with Crippen molar-refractivity contribution in [1.29, 1.82) is 0 Å². The zero-order chi connectivity index (χ0) is 65.8. The van der Waals surface area contributed by atoms with Gasteiger partial charge < -0.3 is 38.3 Å². The number of carbonyl (C=O) groups is 2. The lowest BCUT2D eigenvalue weighted by molar-refractivity contribution is 0.00578. The van der Waals surface area contributed by atoms with Gasteiger partial charge >= 0.3 is 7.12 Å². The van der Waals surface area contributed by atoms with Crippen molar-refractivity contribution in [3.05, 3.63) is 149 Å². The van der Waals surface area contributed by atoms with Crippen molar-refractivity contribution in [2.45, 2.75) is 64.8 Å². The molecule has 3 aliphatic heterocycles. The van der Waals surface area contributed by atoms with Gasteiger partial charge in [-0.3, -0.25) is 28.2 Å². The third kappa shape index (κ3) is 13.9. The number of hydrogen-bond donors (Lipinski definition) is 2. The molecule has 29 heteroatoms. The molecule has 0 radical (unpaired) electrons. The zero-order valence-corrected chi connectivity index (χ0v) is 57.8. The molecule has 13 rings (SSSR count). The van der Waals surface area contributed by atoms with Gasteiger partial charge in [-0.1, -0.05) is 0 Å². The van der Waals surface area contributed by atoms with Crippen molar-refractivity contribution in [1.82, 2.24) is 40.2 Å². The lowest BCUT2D eigenvalue weighted by Gasteiger charge is -2.32. The van der Waals surface area contributed by atoms with Gasteiger partial charge in [0.2, 0.25) is 31.8 Å². The summed E-state index contributed by atoms with van der Waals surface area (Å²) in [4.78, 5) is 34.6. The van der Waals surface area contributed by atoms with E-state index in [1.807, 2.05) is 56.6 Å². The maximum Gasteiger partial charge on any atom is 0.497 e. The molecule has 10 aromatic rings. The van der Waals surface area contributed by atoms with Gasteiger partial charge in [-0.25, -0.2) is 35.0 Å². The van der Waals surface area contributed by atoms with Crippen molar-refractivity contribution in [3.63, 3.8) is 0 Å². The molecule has 9 heterocycles. The number of halogens is 4. The van der Waals surface area contributed by atoms with Gasteiger partial charge in [0.1, 0.15) is 34.3 Å². The number of rotatable bonds is 12. The number of nitrogens with zero attached hydrogens (tertiary/aromatic N) is 8. The minimum Gasteiger partial charge on any atom is -0.478 e. The highest BCUT2D eigenvalue weighted by atomic mass is 127. The Kier molecular flexibility index (Phi) is 19.4. The number of furan rings is 2. The Morgan fingerprint density at radius 2 is 1.02 bits per heavy atom. The molecule has 0 unspecified atom stereocenters. The van der Waals surface area contributed by atoms with Gasteiger partial charge in [0.25, 0.3) is 11.8 Å². The van der Waals surface area contributed by atoms with Crippen LogP contribution in [0.1, 0.15) is 61.3 Å². The average molecular weight is 1490 g/mol. The van der Waals surface area contributed by atoms with E-state index in [4.69, 9.17) is 27.6 Å². The third-order valence-corrected chi connectivity index (χ3v) is 19.1. The van der Waals surface area contributed by atoms with Crippen LogP contribution in [0.25, 0.3) is 78.2 Å². The van der Waals surface area contributed by atoms with E-state index in [9.17, 15) is 35.2 Å². The van der Waals surface area contributed by atoms with Crippen LogP contribution in [0.5, 0.6) is 11.8 Å². The molecule has 1 saturated heterocycles. The Labute approximate surface area is 561 Å². The SMILES string of the molecule is Brc1cncc(-c2cc3n(n2)CCCO3)c1.CNC(=O)c1c(-c2ccc(F)cc2)oc2cc(N(C)S(C)(=O)=O)c(-c3cncc(-c4cc5n(n4)CCCO5)c3)cc12.CNC(=O)c1c(-c2ccc(F)cc2)oc2cc(N(C)S(C)(=O)=O)c(B3OC(C)(C)C(C)(C)O3)cc12.I. The highest BCUT2D eigenvalue weighted by Gasteiger charge is 2.53. The van der Waals surface area contributed by atoms with E-state index in [1.165, 1.54) is 76.7 Å². The summed E-state index contributed by atoms with van der Waals surface area (Å²) in [6.07, 6.45) is 10.9. The maximum atomic E-state index is 13.7. The average Bonchev–Trinajstić information content (AvgIpc) is 1.63. The lowest BCUT2D eigenvalue weighted by Crippen LogP contribution is -2.41. The third-order valence-electron chi connectivity index (χ3n) is 16.3. The van der Waals surface area contributed by atoms with Crippen molar-refractivity contribution in [2.75, 3.05) is 62.5 Å². The molecule has 0 bridgehead atoms. The van der Waals surface area contributed by atoms with E-state index in [2.05, 4.69) is 46.7 Å². The van der Waals surface area contributed by atoms with Gasteiger partial charge in [0.15, 0.2) is 0 Å². The standard InChI is InChI=1S/C29H26FN5O5S.C24H28BFN2O6S.C11H10BrN3O.HI/c1-31-29(36)27-22-12-21(18-11-19(16-32-15-18)23-13-26-35(33-23)9-4-10-39-26)24(34(2)41(3,37)38)14-25(22)40-28(27)17-5-7-20(30)8-6-17;1-23(2)24(3,4)34-25(33-23)17-12-16-19(13-18(17)28(6)35(7,30)31)32-21(20(16)22(29)27-5)14-8-10-15(26)11-9-14;12-9-4-8(6-13-7-9)10-5-11-15(14-10)2-1-3-16-11;/h5-8,11-16H,4,9-10H2,1-3H3,(H,31,36);8-13H,1-7H3,(H,27,29);4-7H,1-3H2;1H. The fourth-order valence-electron chi connectivity index (χ4n) is 10.6. The molecule has 486 valence electrons. The van der Waals surface area contributed by atoms with Gasteiger partial charge in [-0.15, -0.1) is 24.0 Å². The zero-order valence-electron chi connectivity index (χ0n) is 52.2. The summed E-state index contributed by atoms with van der Waals surface area (Å²) in [6, 6.07) is 25.4. The van der Waals surface area contributed by atoms with Gasteiger partial charge in [0, 0.05) is 157 Å².